The Balaban J connectivity index is 0.00000320. The highest BCUT2D eigenvalue weighted by molar-refractivity contribution is 14.0. The smallest absolute Gasteiger partial charge is 0.191 e. The van der Waals surface area contributed by atoms with Gasteiger partial charge in [-0.25, -0.2) is 4.99 Å². The number of nitrogens with one attached hydrogen (secondary N) is 2. The van der Waals surface area contributed by atoms with Gasteiger partial charge in [0.15, 0.2) is 5.96 Å². The topological polar surface area (TPSA) is 61.8 Å². The molecular weight excluding hydrogens is 489 g/mol. The van der Waals surface area contributed by atoms with E-state index in [0.717, 1.165) is 37.8 Å². The third-order valence-corrected chi connectivity index (χ3v) is 4.85. The van der Waals surface area contributed by atoms with Gasteiger partial charge in [0.05, 0.1) is 31.0 Å². The molecule has 0 radical (unpaired) electrons. The highest BCUT2D eigenvalue weighted by Crippen LogP contribution is 2.15. The van der Waals surface area contributed by atoms with Crippen molar-refractivity contribution in [3.05, 3.63) is 65.5 Å². The molecule has 2 N–H and O–H groups in total. The van der Waals surface area contributed by atoms with Crippen LogP contribution in [0.5, 0.6) is 0 Å². The number of benzene rings is 1. The number of rotatable bonds is 7. The number of morpholine rings is 1. The molecule has 1 aromatic heterocycles. The molecule has 6 nitrogen and oxygen atoms in total. The maximum Gasteiger partial charge on any atom is 0.191 e. The van der Waals surface area contributed by atoms with Gasteiger partial charge in [-0.1, -0.05) is 30.3 Å². The first kappa shape index (κ1) is 24.6. The predicted molar refractivity (Wildman–Crippen MR) is 133 cm³/mol. The van der Waals surface area contributed by atoms with Gasteiger partial charge >= 0.3 is 0 Å². The van der Waals surface area contributed by atoms with Gasteiger partial charge in [0.25, 0.3) is 0 Å². The maximum atomic E-state index is 5.82. The first-order chi connectivity index (χ1) is 14.1. The van der Waals surface area contributed by atoms with E-state index in [4.69, 9.17) is 9.73 Å². The molecule has 1 aliphatic rings. The molecule has 164 valence electrons. The van der Waals surface area contributed by atoms with Crippen LogP contribution < -0.4 is 10.6 Å². The van der Waals surface area contributed by atoms with Gasteiger partial charge < -0.3 is 15.4 Å². The van der Waals surface area contributed by atoms with Crippen molar-refractivity contribution in [3.8, 4) is 0 Å². The van der Waals surface area contributed by atoms with Crippen molar-refractivity contribution >= 4 is 29.9 Å². The van der Waals surface area contributed by atoms with E-state index in [2.05, 4.69) is 65.6 Å². The zero-order valence-corrected chi connectivity index (χ0v) is 20.5. The normalized spacial score (nSPS) is 19.8. The lowest BCUT2D eigenvalue weighted by molar-refractivity contribution is -0.0704. The SMILES string of the molecule is CCNC(=NCc1ccc(CN2CC(C)OC(C)C2)cc1)NCc1ccccn1.I. The Kier molecular flexibility index (Phi) is 10.5. The molecule has 3 rings (SSSR count). The van der Waals surface area contributed by atoms with Gasteiger partial charge in [-0.05, 0) is 44.0 Å². The fourth-order valence-electron chi connectivity index (χ4n) is 3.61. The van der Waals surface area contributed by atoms with Crippen LogP contribution in [0.15, 0.2) is 53.7 Å². The third kappa shape index (κ3) is 8.20. The summed E-state index contributed by atoms with van der Waals surface area (Å²) < 4.78 is 5.82. The zero-order chi connectivity index (χ0) is 20.5. The average molecular weight is 523 g/mol. The fraction of sp³-hybridized carbons (Fsp3) is 0.478. The van der Waals surface area contributed by atoms with E-state index in [0.29, 0.717) is 25.3 Å². The van der Waals surface area contributed by atoms with Crippen molar-refractivity contribution < 1.29 is 4.74 Å². The lowest BCUT2D eigenvalue weighted by Crippen LogP contribution is -2.44. The molecule has 0 aliphatic carbocycles. The lowest BCUT2D eigenvalue weighted by atomic mass is 10.1. The molecule has 2 unspecified atom stereocenters. The van der Waals surface area contributed by atoms with Gasteiger partial charge in [0.1, 0.15) is 0 Å². The molecule has 0 bridgehead atoms. The largest absolute Gasteiger partial charge is 0.373 e. The molecule has 2 heterocycles. The van der Waals surface area contributed by atoms with Crippen LogP contribution in [0.2, 0.25) is 0 Å². The van der Waals surface area contributed by atoms with Crippen molar-refractivity contribution in [2.24, 2.45) is 4.99 Å². The van der Waals surface area contributed by atoms with Gasteiger partial charge in [-0.3, -0.25) is 9.88 Å². The van der Waals surface area contributed by atoms with E-state index >= 15 is 0 Å². The molecule has 2 atom stereocenters. The van der Waals surface area contributed by atoms with Gasteiger partial charge in [0.2, 0.25) is 0 Å². The number of ether oxygens (including phenoxy) is 1. The lowest BCUT2D eigenvalue weighted by Gasteiger charge is -2.35. The van der Waals surface area contributed by atoms with Crippen molar-refractivity contribution in [2.75, 3.05) is 19.6 Å². The van der Waals surface area contributed by atoms with Crippen molar-refractivity contribution in [2.45, 2.75) is 52.6 Å². The molecule has 0 saturated carbocycles. The number of aromatic nitrogens is 1. The second kappa shape index (κ2) is 12.9. The Morgan fingerprint density at radius 3 is 2.40 bits per heavy atom. The van der Waals surface area contributed by atoms with Crippen molar-refractivity contribution in [1.29, 1.82) is 0 Å². The maximum absolute atomic E-state index is 5.82. The van der Waals surface area contributed by atoms with Crippen LogP contribution >= 0.6 is 24.0 Å². The predicted octanol–water partition coefficient (Wildman–Crippen LogP) is 3.56. The average Bonchev–Trinajstić information content (AvgIpc) is 2.71. The summed E-state index contributed by atoms with van der Waals surface area (Å²) in [7, 11) is 0. The molecule has 2 aromatic rings. The monoisotopic (exact) mass is 523 g/mol. The van der Waals surface area contributed by atoms with E-state index in [9.17, 15) is 0 Å². The van der Waals surface area contributed by atoms with E-state index in [-0.39, 0.29) is 24.0 Å². The summed E-state index contributed by atoms with van der Waals surface area (Å²) in [5.41, 5.74) is 3.53. The minimum atomic E-state index is 0. The number of pyridine rings is 1. The molecule has 7 heteroatoms. The molecule has 0 spiro atoms. The molecule has 1 fully saturated rings. The minimum absolute atomic E-state index is 0. The Morgan fingerprint density at radius 1 is 1.07 bits per heavy atom. The van der Waals surface area contributed by atoms with Gasteiger partial charge in [-0.2, -0.15) is 0 Å². The van der Waals surface area contributed by atoms with E-state index in [1.807, 2.05) is 18.2 Å². The van der Waals surface area contributed by atoms with Crippen LogP contribution in [0.1, 0.15) is 37.6 Å². The quantitative estimate of drug-likeness (QED) is 0.330. The third-order valence-electron chi connectivity index (χ3n) is 4.85. The van der Waals surface area contributed by atoms with E-state index in [1.54, 1.807) is 6.20 Å². The van der Waals surface area contributed by atoms with Crippen LogP contribution in [0.3, 0.4) is 0 Å². The summed E-state index contributed by atoms with van der Waals surface area (Å²) in [6.07, 6.45) is 2.41. The fourth-order valence-corrected chi connectivity index (χ4v) is 3.61. The van der Waals surface area contributed by atoms with Crippen LogP contribution in [0.4, 0.5) is 0 Å². The number of hydrogen-bond acceptors (Lipinski definition) is 4. The Labute approximate surface area is 197 Å². The molecule has 1 saturated heterocycles. The highest BCUT2D eigenvalue weighted by Gasteiger charge is 2.21. The molecular formula is C23H34IN5O. The second-order valence-corrected chi connectivity index (χ2v) is 7.64. The first-order valence-electron chi connectivity index (χ1n) is 10.5. The number of aliphatic imine (C=N–C) groups is 1. The summed E-state index contributed by atoms with van der Waals surface area (Å²) in [6, 6.07) is 14.7. The van der Waals surface area contributed by atoms with Crippen molar-refractivity contribution in [1.82, 2.24) is 20.5 Å². The van der Waals surface area contributed by atoms with Gasteiger partial charge in [-0.15, -0.1) is 24.0 Å². The molecule has 1 aliphatic heterocycles. The Morgan fingerprint density at radius 2 is 1.77 bits per heavy atom. The highest BCUT2D eigenvalue weighted by atomic mass is 127. The molecule has 0 amide bonds. The zero-order valence-electron chi connectivity index (χ0n) is 18.2. The first-order valence-corrected chi connectivity index (χ1v) is 10.5. The number of hydrogen-bond donors (Lipinski definition) is 2. The number of nitrogens with zero attached hydrogens (tertiary/aromatic N) is 3. The number of guanidine groups is 1. The number of halogens is 1. The summed E-state index contributed by atoms with van der Waals surface area (Å²) in [6.45, 7) is 11.4. The minimum Gasteiger partial charge on any atom is -0.373 e. The van der Waals surface area contributed by atoms with Crippen LogP contribution in [-0.4, -0.2) is 47.7 Å². The van der Waals surface area contributed by atoms with Crippen LogP contribution in [0, 0.1) is 0 Å². The Bertz CT molecular complexity index is 759. The molecule has 1 aromatic carbocycles. The van der Waals surface area contributed by atoms with E-state index in [1.165, 1.54) is 11.1 Å². The summed E-state index contributed by atoms with van der Waals surface area (Å²) in [4.78, 5) is 11.5. The van der Waals surface area contributed by atoms with Crippen LogP contribution in [0.25, 0.3) is 0 Å². The van der Waals surface area contributed by atoms with Crippen LogP contribution in [-0.2, 0) is 24.4 Å². The summed E-state index contributed by atoms with van der Waals surface area (Å²) in [5, 5.41) is 6.63. The molecule has 30 heavy (non-hydrogen) atoms. The van der Waals surface area contributed by atoms with E-state index < -0.39 is 0 Å². The summed E-state index contributed by atoms with van der Waals surface area (Å²) in [5.74, 6) is 0.804. The second-order valence-electron chi connectivity index (χ2n) is 7.64. The summed E-state index contributed by atoms with van der Waals surface area (Å²) >= 11 is 0. The van der Waals surface area contributed by atoms with Gasteiger partial charge in [0, 0.05) is 32.4 Å². The standard InChI is InChI=1S/C23H33N5O.HI/c1-4-24-23(27-14-22-7-5-6-12-25-22)26-13-20-8-10-21(11-9-20)17-28-15-18(2)29-19(3)16-28;/h5-12,18-19H,4,13-17H2,1-3H3,(H2,24,26,27);1H. The Hall–Kier alpha value is -1.71. The van der Waals surface area contributed by atoms with Crippen molar-refractivity contribution in [3.63, 3.8) is 0 Å².